The molecule has 3 heterocycles. The SMILES string of the molecule is COc1cc2c(Oc3ccc4c(c3)N(C)CCO4)ncnc2cc1OCC1CCN(C)CC1. The summed E-state index contributed by atoms with van der Waals surface area (Å²) in [7, 11) is 5.86. The second kappa shape index (κ2) is 9.31. The minimum Gasteiger partial charge on any atom is -0.493 e. The molecule has 8 nitrogen and oxygen atoms in total. The number of aromatic nitrogens is 2. The molecule has 0 amide bonds. The number of likely N-dealkylation sites (N-methyl/N-ethyl adjacent to an activating group) is 1. The summed E-state index contributed by atoms with van der Waals surface area (Å²) in [6, 6.07) is 9.59. The van der Waals surface area contributed by atoms with Crippen LogP contribution < -0.4 is 23.8 Å². The van der Waals surface area contributed by atoms with Gasteiger partial charge in [0, 0.05) is 19.2 Å². The largest absolute Gasteiger partial charge is 0.493 e. The van der Waals surface area contributed by atoms with Gasteiger partial charge in [0.05, 0.1) is 36.9 Å². The van der Waals surface area contributed by atoms with Crippen molar-refractivity contribution in [2.45, 2.75) is 12.8 Å². The van der Waals surface area contributed by atoms with Gasteiger partial charge in [0.2, 0.25) is 5.88 Å². The van der Waals surface area contributed by atoms with E-state index in [0.29, 0.717) is 42.3 Å². The lowest BCUT2D eigenvalue weighted by molar-refractivity contribution is 0.157. The Labute approximate surface area is 194 Å². The van der Waals surface area contributed by atoms with Crippen LogP contribution in [0.25, 0.3) is 10.9 Å². The van der Waals surface area contributed by atoms with E-state index in [2.05, 4.69) is 26.8 Å². The minimum atomic E-state index is 0.472. The Morgan fingerprint density at radius 3 is 2.70 bits per heavy atom. The fraction of sp³-hybridized carbons (Fsp3) is 0.440. The van der Waals surface area contributed by atoms with Crippen molar-refractivity contribution in [3.05, 3.63) is 36.7 Å². The van der Waals surface area contributed by atoms with E-state index in [1.807, 2.05) is 37.4 Å². The molecule has 5 rings (SSSR count). The van der Waals surface area contributed by atoms with Gasteiger partial charge >= 0.3 is 0 Å². The highest BCUT2D eigenvalue weighted by Crippen LogP contribution is 2.39. The third kappa shape index (κ3) is 4.61. The molecule has 0 atom stereocenters. The number of rotatable bonds is 6. The Balaban J connectivity index is 1.39. The molecule has 174 valence electrons. The molecule has 2 aliphatic rings. The molecule has 0 bridgehead atoms. The number of nitrogens with zero attached hydrogens (tertiary/aromatic N) is 4. The van der Waals surface area contributed by atoms with Gasteiger partial charge in [-0.15, -0.1) is 0 Å². The number of benzene rings is 2. The van der Waals surface area contributed by atoms with Crippen LogP contribution in [0.3, 0.4) is 0 Å². The van der Waals surface area contributed by atoms with E-state index in [1.54, 1.807) is 7.11 Å². The van der Waals surface area contributed by atoms with E-state index < -0.39 is 0 Å². The maximum atomic E-state index is 6.18. The van der Waals surface area contributed by atoms with Crippen molar-refractivity contribution >= 4 is 16.6 Å². The number of hydrogen-bond acceptors (Lipinski definition) is 8. The van der Waals surface area contributed by atoms with Gasteiger partial charge in [-0.25, -0.2) is 9.97 Å². The number of hydrogen-bond donors (Lipinski definition) is 0. The van der Waals surface area contributed by atoms with Crippen LogP contribution in [0.2, 0.25) is 0 Å². The molecule has 33 heavy (non-hydrogen) atoms. The molecular formula is C25H30N4O4. The molecule has 0 aliphatic carbocycles. The smallest absolute Gasteiger partial charge is 0.230 e. The maximum Gasteiger partial charge on any atom is 0.230 e. The summed E-state index contributed by atoms with van der Waals surface area (Å²) < 4.78 is 23.7. The van der Waals surface area contributed by atoms with Crippen LogP contribution in [0.15, 0.2) is 36.7 Å². The molecule has 1 fully saturated rings. The fourth-order valence-electron chi connectivity index (χ4n) is 4.34. The van der Waals surface area contributed by atoms with E-state index in [9.17, 15) is 0 Å². The summed E-state index contributed by atoms with van der Waals surface area (Å²) in [5, 5.41) is 0.767. The highest BCUT2D eigenvalue weighted by Gasteiger charge is 2.20. The predicted octanol–water partition coefficient (Wildman–Crippen LogP) is 3.98. The van der Waals surface area contributed by atoms with Gasteiger partial charge in [-0.1, -0.05) is 0 Å². The highest BCUT2D eigenvalue weighted by atomic mass is 16.5. The van der Waals surface area contributed by atoms with Gasteiger partial charge in [0.1, 0.15) is 24.4 Å². The van der Waals surface area contributed by atoms with Crippen molar-refractivity contribution in [2.24, 2.45) is 5.92 Å². The normalized spacial score (nSPS) is 16.9. The molecule has 0 N–H and O–H groups in total. The number of likely N-dealkylation sites (tertiary alicyclic amines) is 1. The number of anilines is 1. The zero-order valence-corrected chi connectivity index (χ0v) is 19.4. The van der Waals surface area contributed by atoms with Crippen molar-refractivity contribution in [3.63, 3.8) is 0 Å². The minimum absolute atomic E-state index is 0.472. The van der Waals surface area contributed by atoms with E-state index in [4.69, 9.17) is 18.9 Å². The van der Waals surface area contributed by atoms with Gasteiger partial charge in [-0.05, 0) is 57.1 Å². The molecule has 0 radical (unpaired) electrons. The third-order valence-electron chi connectivity index (χ3n) is 6.44. The van der Waals surface area contributed by atoms with E-state index in [0.717, 1.165) is 54.8 Å². The zero-order valence-electron chi connectivity index (χ0n) is 19.4. The first-order valence-electron chi connectivity index (χ1n) is 11.4. The predicted molar refractivity (Wildman–Crippen MR) is 127 cm³/mol. The Bertz CT molecular complexity index is 1130. The van der Waals surface area contributed by atoms with Gasteiger partial charge in [-0.3, -0.25) is 0 Å². The lowest BCUT2D eigenvalue weighted by atomic mass is 9.98. The standard InChI is InChI=1S/C25H30N4O4/c1-28-8-6-17(7-9-28)15-32-24-14-20-19(13-23(24)30-3)25(27-16-26-20)33-18-4-5-22-21(12-18)29(2)10-11-31-22/h4-5,12-14,16-17H,6-11,15H2,1-3H3. The zero-order chi connectivity index (χ0) is 22.8. The first-order chi connectivity index (χ1) is 16.1. The van der Waals surface area contributed by atoms with Crippen molar-refractivity contribution in [2.75, 3.05) is 59.0 Å². The second-order valence-corrected chi connectivity index (χ2v) is 8.76. The van der Waals surface area contributed by atoms with Crippen LogP contribution in [0.4, 0.5) is 5.69 Å². The Kier molecular flexibility index (Phi) is 6.09. The van der Waals surface area contributed by atoms with E-state index >= 15 is 0 Å². The molecule has 1 aromatic heterocycles. The van der Waals surface area contributed by atoms with Crippen LogP contribution in [0.5, 0.6) is 28.9 Å². The lowest BCUT2D eigenvalue weighted by Crippen LogP contribution is -2.32. The number of fused-ring (bicyclic) bond motifs is 2. The molecule has 0 spiro atoms. The van der Waals surface area contributed by atoms with Crippen LogP contribution in [-0.4, -0.2) is 68.9 Å². The Morgan fingerprint density at radius 1 is 1.03 bits per heavy atom. The highest BCUT2D eigenvalue weighted by molar-refractivity contribution is 5.87. The molecule has 1 saturated heterocycles. The monoisotopic (exact) mass is 450 g/mol. The van der Waals surface area contributed by atoms with Crippen LogP contribution in [0.1, 0.15) is 12.8 Å². The van der Waals surface area contributed by atoms with Crippen molar-refractivity contribution in [3.8, 4) is 28.9 Å². The average molecular weight is 451 g/mol. The molecule has 0 unspecified atom stereocenters. The molecule has 8 heteroatoms. The van der Waals surface area contributed by atoms with Crippen LogP contribution >= 0.6 is 0 Å². The quantitative estimate of drug-likeness (QED) is 0.559. The summed E-state index contributed by atoms with van der Waals surface area (Å²) in [5.41, 5.74) is 1.75. The fourth-order valence-corrected chi connectivity index (χ4v) is 4.34. The molecule has 0 saturated carbocycles. The number of methoxy groups -OCH3 is 1. The van der Waals surface area contributed by atoms with Gasteiger partial charge in [0.25, 0.3) is 0 Å². The van der Waals surface area contributed by atoms with Crippen molar-refractivity contribution < 1.29 is 18.9 Å². The molecular weight excluding hydrogens is 420 g/mol. The Morgan fingerprint density at radius 2 is 1.88 bits per heavy atom. The topological polar surface area (TPSA) is 69.2 Å². The second-order valence-electron chi connectivity index (χ2n) is 8.76. The summed E-state index contributed by atoms with van der Waals surface area (Å²) in [6.07, 6.45) is 3.81. The average Bonchev–Trinajstić information content (AvgIpc) is 2.84. The summed E-state index contributed by atoms with van der Waals surface area (Å²) in [4.78, 5) is 13.3. The van der Waals surface area contributed by atoms with Crippen LogP contribution in [-0.2, 0) is 0 Å². The van der Waals surface area contributed by atoms with E-state index in [1.165, 1.54) is 6.33 Å². The number of ether oxygens (including phenoxy) is 4. The summed E-state index contributed by atoms with van der Waals surface area (Å²) in [5.74, 6) is 3.91. The van der Waals surface area contributed by atoms with Crippen molar-refractivity contribution in [1.82, 2.24) is 14.9 Å². The third-order valence-corrected chi connectivity index (χ3v) is 6.44. The molecule has 3 aromatic rings. The van der Waals surface area contributed by atoms with Gasteiger partial charge in [0.15, 0.2) is 11.5 Å². The summed E-state index contributed by atoms with van der Waals surface area (Å²) in [6.45, 7) is 4.42. The first kappa shape index (κ1) is 21.6. The number of piperidine rings is 1. The maximum absolute atomic E-state index is 6.18. The Hall–Kier alpha value is -3.26. The lowest BCUT2D eigenvalue weighted by Gasteiger charge is -2.28. The molecule has 2 aliphatic heterocycles. The van der Waals surface area contributed by atoms with Gasteiger partial charge in [-0.2, -0.15) is 0 Å². The summed E-state index contributed by atoms with van der Waals surface area (Å²) >= 11 is 0. The van der Waals surface area contributed by atoms with Crippen molar-refractivity contribution in [1.29, 1.82) is 0 Å². The molecule has 2 aromatic carbocycles. The van der Waals surface area contributed by atoms with Crippen LogP contribution in [0, 0.1) is 5.92 Å². The van der Waals surface area contributed by atoms with E-state index in [-0.39, 0.29) is 0 Å². The first-order valence-corrected chi connectivity index (χ1v) is 11.4. The van der Waals surface area contributed by atoms with Gasteiger partial charge < -0.3 is 28.7 Å².